The monoisotopic (exact) mass is 820 g/mol. The second-order valence-corrected chi connectivity index (χ2v) is 15.1. The van der Waals surface area contributed by atoms with E-state index in [1.165, 1.54) is 6.07 Å². The van der Waals surface area contributed by atoms with E-state index in [2.05, 4.69) is 28.8 Å². The van der Waals surface area contributed by atoms with Crippen LogP contribution in [0.2, 0.25) is 0 Å². The summed E-state index contributed by atoms with van der Waals surface area (Å²) in [5, 5.41) is 41.2. The second kappa shape index (κ2) is 16.1. The third kappa shape index (κ3) is 7.04. The van der Waals surface area contributed by atoms with Crippen LogP contribution < -0.4 is 0 Å². The first kappa shape index (κ1) is 38.6. The van der Waals surface area contributed by atoms with Crippen molar-refractivity contribution in [2.45, 2.75) is 0 Å². The molecule has 0 N–H and O–H groups in total. The number of fused-ring (bicyclic) bond motifs is 3. The Morgan fingerprint density at radius 1 is 0.359 bits per heavy atom. The molecule has 2 aromatic heterocycles. The van der Waals surface area contributed by atoms with Gasteiger partial charge in [0.15, 0.2) is 17.5 Å². The predicted molar refractivity (Wildman–Crippen MR) is 246 cm³/mol. The molecule has 0 saturated heterocycles. The number of hydrogen-bond acceptors (Lipinski definition) is 7. The zero-order valence-electron chi connectivity index (χ0n) is 33.7. The van der Waals surface area contributed by atoms with Crippen LogP contribution in [0.5, 0.6) is 0 Å². The summed E-state index contributed by atoms with van der Waals surface area (Å²) in [5.41, 5.74) is 9.84. The molecule has 0 saturated carbocycles. The molecule has 8 aromatic carbocycles. The van der Waals surface area contributed by atoms with Gasteiger partial charge in [-0.2, -0.15) is 21.0 Å². The fraction of sp³-hybridized carbons (Fsp3) is 0. The van der Waals surface area contributed by atoms with E-state index >= 15 is 4.39 Å². The molecule has 0 aliphatic carbocycles. The standard InChI is InChI=1S/C55H29FN8/c56-50-14-8-7-13-46(50)45-20-17-44(29-49(45)55-62-53(38-9-3-1-4-10-38)61-54(63-55)39-11-5-2-6-12-39)64-51-27-40(42-23-34(30-57)21-35(24-42)31-58)15-18-47(51)48-19-16-41(28-52(48)64)43-25-36(32-59)22-37(26-43)33-60/h1-29H. The molecule has 0 fully saturated rings. The van der Waals surface area contributed by atoms with Crippen LogP contribution in [0.4, 0.5) is 4.39 Å². The normalized spacial score (nSPS) is 10.8. The molecular formula is C55H29FN8. The Balaban J connectivity index is 1.28. The highest BCUT2D eigenvalue weighted by molar-refractivity contribution is 6.11. The minimum atomic E-state index is -0.407. The Kier molecular flexibility index (Phi) is 9.75. The number of halogens is 1. The topological polar surface area (TPSA) is 139 Å². The number of benzene rings is 8. The molecule has 10 aromatic rings. The maximum Gasteiger partial charge on any atom is 0.164 e. The van der Waals surface area contributed by atoms with E-state index in [1.54, 1.807) is 54.6 Å². The molecule has 8 nitrogen and oxygen atoms in total. The SMILES string of the molecule is N#Cc1cc(C#N)cc(-c2ccc3c4ccc(-c5cc(C#N)cc(C#N)c5)cc4n(-c4ccc(-c5ccccc5F)c(-c5nc(-c6ccccc6)nc(-c6ccccc6)n5)c4)c3c2)c1. The first-order valence-electron chi connectivity index (χ1n) is 20.2. The van der Waals surface area contributed by atoms with Crippen molar-refractivity contribution >= 4 is 21.8 Å². The zero-order chi connectivity index (χ0) is 43.7. The summed E-state index contributed by atoms with van der Waals surface area (Å²) in [7, 11) is 0. The van der Waals surface area contributed by atoms with Crippen molar-refractivity contribution in [3.05, 3.63) is 204 Å². The number of rotatable bonds is 7. The quantitative estimate of drug-likeness (QED) is 0.156. The fourth-order valence-electron chi connectivity index (χ4n) is 8.20. The number of nitrogens with zero attached hydrogens (tertiary/aromatic N) is 8. The van der Waals surface area contributed by atoms with Crippen LogP contribution in [0, 0.1) is 51.1 Å². The highest BCUT2D eigenvalue weighted by Crippen LogP contribution is 2.41. The van der Waals surface area contributed by atoms with E-state index in [1.807, 2.05) is 115 Å². The summed E-state index contributed by atoms with van der Waals surface area (Å²) in [4.78, 5) is 15.1. The minimum absolute atomic E-state index is 0.338. The number of aromatic nitrogens is 4. The molecule has 10 rings (SSSR count). The average Bonchev–Trinajstić information content (AvgIpc) is 3.69. The molecule has 0 aliphatic heterocycles. The van der Waals surface area contributed by atoms with E-state index < -0.39 is 5.82 Å². The highest BCUT2D eigenvalue weighted by Gasteiger charge is 2.21. The van der Waals surface area contributed by atoms with Crippen molar-refractivity contribution in [3.63, 3.8) is 0 Å². The van der Waals surface area contributed by atoms with Gasteiger partial charge in [0.25, 0.3) is 0 Å². The van der Waals surface area contributed by atoms with Gasteiger partial charge in [-0.05, 0) is 94.5 Å². The molecule has 0 bridgehead atoms. The van der Waals surface area contributed by atoms with Crippen molar-refractivity contribution in [2.75, 3.05) is 0 Å². The van der Waals surface area contributed by atoms with E-state index in [4.69, 9.17) is 15.0 Å². The van der Waals surface area contributed by atoms with Crippen LogP contribution in [0.25, 0.3) is 95.0 Å². The second-order valence-electron chi connectivity index (χ2n) is 15.1. The molecule has 0 unspecified atom stereocenters. The van der Waals surface area contributed by atoms with Gasteiger partial charge >= 0.3 is 0 Å². The van der Waals surface area contributed by atoms with Crippen LogP contribution in [0.15, 0.2) is 176 Å². The predicted octanol–water partition coefficient (Wildman–Crippen LogP) is 12.6. The maximum absolute atomic E-state index is 15.9. The molecule has 0 amide bonds. The lowest BCUT2D eigenvalue weighted by Crippen LogP contribution is -2.03. The summed E-state index contributed by atoms with van der Waals surface area (Å²) in [6, 6.07) is 62.7. The van der Waals surface area contributed by atoms with E-state index in [-0.39, 0.29) is 0 Å². The molecular weight excluding hydrogens is 792 g/mol. The van der Waals surface area contributed by atoms with Gasteiger partial charge in [0.1, 0.15) is 5.82 Å². The average molecular weight is 821 g/mol. The summed E-state index contributed by atoms with van der Waals surface area (Å²) >= 11 is 0. The molecule has 296 valence electrons. The van der Waals surface area contributed by atoms with Crippen LogP contribution in [0.1, 0.15) is 22.3 Å². The van der Waals surface area contributed by atoms with Gasteiger partial charge in [0.2, 0.25) is 0 Å². The Labute approximate surface area is 366 Å². The van der Waals surface area contributed by atoms with Gasteiger partial charge in [-0.15, -0.1) is 0 Å². The molecule has 2 heterocycles. The van der Waals surface area contributed by atoms with Crippen molar-refractivity contribution < 1.29 is 4.39 Å². The summed E-state index contributed by atoms with van der Waals surface area (Å²) < 4.78 is 18.1. The molecule has 0 atom stereocenters. The lowest BCUT2D eigenvalue weighted by molar-refractivity contribution is 0.631. The van der Waals surface area contributed by atoms with E-state index in [0.29, 0.717) is 73.2 Å². The summed E-state index contributed by atoms with van der Waals surface area (Å²) in [5.74, 6) is 0.835. The van der Waals surface area contributed by atoms with Crippen LogP contribution in [0.3, 0.4) is 0 Å². The van der Waals surface area contributed by atoms with Gasteiger partial charge in [0.05, 0.1) is 57.6 Å². The van der Waals surface area contributed by atoms with E-state index in [9.17, 15) is 21.0 Å². The first-order valence-corrected chi connectivity index (χ1v) is 20.2. The van der Waals surface area contributed by atoms with Gasteiger partial charge in [-0.1, -0.05) is 109 Å². The third-order valence-electron chi connectivity index (χ3n) is 11.2. The lowest BCUT2D eigenvalue weighted by Gasteiger charge is -2.16. The Bertz CT molecular complexity index is 3420. The Hall–Kier alpha value is -9.54. The van der Waals surface area contributed by atoms with Crippen molar-refractivity contribution in [1.29, 1.82) is 21.0 Å². The zero-order valence-corrected chi connectivity index (χ0v) is 33.7. The highest BCUT2D eigenvalue weighted by atomic mass is 19.1. The van der Waals surface area contributed by atoms with Crippen molar-refractivity contribution in [1.82, 2.24) is 19.5 Å². The molecule has 9 heteroatoms. The van der Waals surface area contributed by atoms with Gasteiger partial charge < -0.3 is 4.57 Å². The van der Waals surface area contributed by atoms with Crippen molar-refractivity contribution in [3.8, 4) is 97.5 Å². The molecule has 0 spiro atoms. The minimum Gasteiger partial charge on any atom is -0.309 e. The van der Waals surface area contributed by atoms with Crippen molar-refractivity contribution in [2.24, 2.45) is 0 Å². The van der Waals surface area contributed by atoms with Gasteiger partial charge in [0, 0.05) is 38.7 Å². The first-order chi connectivity index (χ1) is 31.4. The van der Waals surface area contributed by atoms with Crippen LogP contribution >= 0.6 is 0 Å². The largest absolute Gasteiger partial charge is 0.309 e. The fourth-order valence-corrected chi connectivity index (χ4v) is 8.20. The maximum atomic E-state index is 15.9. The smallest absolute Gasteiger partial charge is 0.164 e. The Morgan fingerprint density at radius 3 is 1.28 bits per heavy atom. The molecule has 64 heavy (non-hydrogen) atoms. The van der Waals surface area contributed by atoms with Gasteiger partial charge in [-0.3, -0.25) is 0 Å². The van der Waals surface area contributed by atoms with Crippen LogP contribution in [-0.2, 0) is 0 Å². The Morgan fingerprint density at radius 2 is 0.812 bits per heavy atom. The van der Waals surface area contributed by atoms with E-state index in [0.717, 1.165) is 44.1 Å². The third-order valence-corrected chi connectivity index (χ3v) is 11.2. The van der Waals surface area contributed by atoms with Crippen LogP contribution in [-0.4, -0.2) is 19.5 Å². The lowest BCUT2D eigenvalue weighted by atomic mass is 9.97. The number of hydrogen-bond donors (Lipinski definition) is 0. The molecule has 0 radical (unpaired) electrons. The summed E-state index contributed by atoms with van der Waals surface area (Å²) in [6.45, 7) is 0. The molecule has 0 aliphatic rings. The summed E-state index contributed by atoms with van der Waals surface area (Å²) in [6.07, 6.45) is 0. The van der Waals surface area contributed by atoms with Gasteiger partial charge in [-0.25, -0.2) is 19.3 Å². The number of nitriles is 4.